The molecule has 10 heteroatoms. The van der Waals surface area contributed by atoms with E-state index in [2.05, 4.69) is 10.3 Å². The van der Waals surface area contributed by atoms with Crippen molar-refractivity contribution < 1.29 is 33.4 Å². The monoisotopic (exact) mass is 487 g/mol. The lowest BCUT2D eigenvalue weighted by Gasteiger charge is -2.35. The number of nitrogens with zero attached hydrogens (tertiary/aromatic N) is 2. The zero-order valence-electron chi connectivity index (χ0n) is 20.9. The lowest BCUT2D eigenvalue weighted by atomic mass is 9.85. The number of carboxylic acids is 1. The molecule has 35 heavy (non-hydrogen) atoms. The summed E-state index contributed by atoms with van der Waals surface area (Å²) >= 11 is 0. The predicted molar refractivity (Wildman–Crippen MR) is 127 cm³/mol. The van der Waals surface area contributed by atoms with Gasteiger partial charge in [0.25, 0.3) is 0 Å². The average molecular weight is 488 g/mol. The number of likely N-dealkylation sites (tertiary alicyclic amines) is 1. The number of rotatable bonds is 6. The smallest absolute Gasteiger partial charge is 0.408 e. The van der Waals surface area contributed by atoms with Crippen LogP contribution in [-0.4, -0.2) is 63.3 Å². The van der Waals surface area contributed by atoms with Gasteiger partial charge in [-0.3, -0.25) is 9.78 Å². The van der Waals surface area contributed by atoms with Crippen LogP contribution in [0.15, 0.2) is 41.5 Å². The van der Waals surface area contributed by atoms with Crippen molar-refractivity contribution in [1.82, 2.24) is 15.2 Å². The summed E-state index contributed by atoms with van der Waals surface area (Å²) in [5.41, 5.74) is 0.172. The Kier molecular flexibility index (Phi) is 7.42. The van der Waals surface area contributed by atoms with Crippen LogP contribution in [0, 0.1) is 5.41 Å². The molecule has 2 amide bonds. The van der Waals surface area contributed by atoms with Gasteiger partial charge in [0.15, 0.2) is 0 Å². The molecule has 1 aliphatic rings. The third kappa shape index (κ3) is 6.74. The van der Waals surface area contributed by atoms with E-state index in [1.54, 1.807) is 72.4 Å². The molecule has 2 N–H and O–H groups in total. The lowest BCUT2D eigenvalue weighted by Crippen LogP contribution is -2.57. The van der Waals surface area contributed by atoms with E-state index in [4.69, 9.17) is 13.9 Å². The highest BCUT2D eigenvalue weighted by atomic mass is 16.6. The molecule has 2 aromatic heterocycles. The summed E-state index contributed by atoms with van der Waals surface area (Å²) in [4.78, 5) is 43.4. The zero-order chi connectivity index (χ0) is 26.0. The number of hydrogen-bond acceptors (Lipinski definition) is 7. The van der Waals surface area contributed by atoms with Gasteiger partial charge >= 0.3 is 12.1 Å². The number of nitrogens with one attached hydrogen (secondary N) is 1. The molecule has 3 heterocycles. The molecule has 3 atom stereocenters. The Morgan fingerprint density at radius 3 is 2.46 bits per heavy atom. The fourth-order valence-electron chi connectivity index (χ4n) is 3.86. The number of aromatic nitrogens is 1. The number of aliphatic carboxylic acids is 1. The average Bonchev–Trinajstić information content (AvgIpc) is 3.40. The minimum absolute atomic E-state index is 0.0499. The number of pyridine rings is 1. The molecule has 0 aliphatic carbocycles. The van der Waals surface area contributed by atoms with Gasteiger partial charge in [-0.2, -0.15) is 0 Å². The second-order valence-corrected chi connectivity index (χ2v) is 10.7. The number of carbonyl (C=O) groups excluding carboxylic acids is 2. The van der Waals surface area contributed by atoms with Gasteiger partial charge in [0, 0.05) is 23.7 Å². The SMILES string of the molecule is CC(C)(C)OC(=O)NC(C(=O)N1CC(Oc2cncc(-c3ccoc3)c2)CC1C(=O)O)C(C)(C)C. The lowest BCUT2D eigenvalue weighted by molar-refractivity contribution is -0.150. The van der Waals surface area contributed by atoms with Gasteiger partial charge in [-0.1, -0.05) is 20.8 Å². The van der Waals surface area contributed by atoms with Gasteiger partial charge in [-0.25, -0.2) is 9.59 Å². The number of ether oxygens (including phenoxy) is 2. The first-order valence-corrected chi connectivity index (χ1v) is 11.4. The quantitative estimate of drug-likeness (QED) is 0.630. The largest absolute Gasteiger partial charge is 0.487 e. The first-order chi connectivity index (χ1) is 16.2. The molecule has 190 valence electrons. The number of furan rings is 1. The second kappa shape index (κ2) is 9.97. The molecule has 0 saturated carbocycles. The Hall–Kier alpha value is -3.56. The van der Waals surface area contributed by atoms with E-state index in [-0.39, 0.29) is 13.0 Å². The van der Waals surface area contributed by atoms with Crippen LogP contribution in [-0.2, 0) is 14.3 Å². The minimum Gasteiger partial charge on any atom is -0.487 e. The van der Waals surface area contributed by atoms with Crippen molar-refractivity contribution >= 4 is 18.0 Å². The van der Waals surface area contributed by atoms with Gasteiger partial charge < -0.3 is 29.2 Å². The summed E-state index contributed by atoms with van der Waals surface area (Å²) in [6, 6.07) is 1.48. The van der Waals surface area contributed by atoms with E-state index in [0.29, 0.717) is 5.75 Å². The van der Waals surface area contributed by atoms with Crippen molar-refractivity contribution in [1.29, 1.82) is 0 Å². The van der Waals surface area contributed by atoms with E-state index in [1.807, 2.05) is 0 Å². The molecule has 3 rings (SSSR count). The predicted octanol–water partition coefficient (Wildman–Crippen LogP) is 3.71. The van der Waals surface area contributed by atoms with Crippen LogP contribution in [0.25, 0.3) is 11.1 Å². The molecule has 0 spiro atoms. The topological polar surface area (TPSA) is 131 Å². The summed E-state index contributed by atoms with van der Waals surface area (Å²) in [5.74, 6) is -1.20. The van der Waals surface area contributed by atoms with Crippen LogP contribution in [0.5, 0.6) is 5.75 Å². The van der Waals surface area contributed by atoms with Crippen LogP contribution >= 0.6 is 0 Å². The third-order valence-electron chi connectivity index (χ3n) is 5.48. The Bertz CT molecular complexity index is 1050. The maximum Gasteiger partial charge on any atom is 0.408 e. The van der Waals surface area contributed by atoms with Crippen LogP contribution < -0.4 is 10.1 Å². The summed E-state index contributed by atoms with van der Waals surface area (Å²) in [6.07, 6.45) is 5.12. The van der Waals surface area contributed by atoms with E-state index in [9.17, 15) is 19.5 Å². The van der Waals surface area contributed by atoms with Gasteiger partial charge in [-0.15, -0.1) is 0 Å². The van der Waals surface area contributed by atoms with Crippen LogP contribution in [0.4, 0.5) is 4.79 Å². The Morgan fingerprint density at radius 1 is 1.17 bits per heavy atom. The third-order valence-corrected chi connectivity index (χ3v) is 5.48. The Labute approximate surface area is 204 Å². The maximum atomic E-state index is 13.5. The fraction of sp³-hybridized carbons (Fsp3) is 0.520. The van der Waals surface area contributed by atoms with Crippen LogP contribution in [0.1, 0.15) is 48.0 Å². The first kappa shape index (κ1) is 26.1. The standard InChI is InChI=1S/C25H33N3O7/c1-24(2,3)20(27-23(32)35-25(4,5)6)21(29)28-13-18(10-19(28)22(30)31)34-17-9-16(11-26-12-17)15-7-8-33-14-15/h7-9,11-12,14,18-20H,10,13H2,1-6H3,(H,27,32)(H,30,31). The normalized spacial score (nSPS) is 19.2. The molecule has 3 unspecified atom stereocenters. The molecule has 0 aromatic carbocycles. The van der Waals surface area contributed by atoms with Gasteiger partial charge in [0.2, 0.25) is 5.91 Å². The van der Waals surface area contributed by atoms with Crippen molar-refractivity contribution in [2.24, 2.45) is 5.41 Å². The van der Waals surface area contributed by atoms with Gasteiger partial charge in [0.05, 0.1) is 25.3 Å². The van der Waals surface area contributed by atoms with Crippen molar-refractivity contribution in [2.75, 3.05) is 6.54 Å². The zero-order valence-corrected chi connectivity index (χ0v) is 20.9. The summed E-state index contributed by atoms with van der Waals surface area (Å²) in [5, 5.41) is 12.5. The highest BCUT2D eigenvalue weighted by Crippen LogP contribution is 2.29. The molecule has 0 bridgehead atoms. The molecular weight excluding hydrogens is 454 g/mol. The van der Waals surface area contributed by atoms with E-state index < -0.39 is 47.2 Å². The van der Waals surface area contributed by atoms with Crippen LogP contribution in [0.3, 0.4) is 0 Å². The first-order valence-electron chi connectivity index (χ1n) is 11.4. The van der Waals surface area contributed by atoms with E-state index in [1.165, 1.54) is 11.1 Å². The fourth-order valence-corrected chi connectivity index (χ4v) is 3.86. The van der Waals surface area contributed by atoms with Crippen molar-refractivity contribution in [3.8, 4) is 16.9 Å². The molecule has 1 fully saturated rings. The summed E-state index contributed by atoms with van der Waals surface area (Å²) < 4.78 is 16.5. The molecule has 1 saturated heterocycles. The minimum atomic E-state index is -1.14. The number of carbonyl (C=O) groups is 3. The van der Waals surface area contributed by atoms with Gasteiger partial charge in [0.1, 0.15) is 29.5 Å². The molecule has 2 aromatic rings. The summed E-state index contributed by atoms with van der Waals surface area (Å²) in [6.45, 7) is 10.6. The maximum absolute atomic E-state index is 13.5. The molecule has 10 nitrogen and oxygen atoms in total. The van der Waals surface area contributed by atoms with E-state index >= 15 is 0 Å². The number of hydrogen-bond donors (Lipinski definition) is 2. The molecule has 1 aliphatic heterocycles. The molecule has 0 radical (unpaired) electrons. The highest BCUT2D eigenvalue weighted by molar-refractivity contribution is 5.90. The van der Waals surface area contributed by atoms with Gasteiger partial charge in [-0.05, 0) is 38.3 Å². The Balaban J connectivity index is 1.77. The number of carboxylic acid groups (broad SMARTS) is 1. The number of amides is 2. The molecular formula is C25H33N3O7. The second-order valence-electron chi connectivity index (χ2n) is 10.7. The highest BCUT2D eigenvalue weighted by Gasteiger charge is 2.46. The van der Waals surface area contributed by atoms with Crippen LogP contribution in [0.2, 0.25) is 0 Å². The number of alkyl carbamates (subject to hydrolysis) is 1. The van der Waals surface area contributed by atoms with Crippen molar-refractivity contribution in [3.63, 3.8) is 0 Å². The van der Waals surface area contributed by atoms with Crippen molar-refractivity contribution in [2.45, 2.75) is 71.8 Å². The van der Waals surface area contributed by atoms with Crippen molar-refractivity contribution in [3.05, 3.63) is 37.1 Å². The summed E-state index contributed by atoms with van der Waals surface area (Å²) in [7, 11) is 0. The Morgan fingerprint density at radius 2 is 1.89 bits per heavy atom. The van der Waals surface area contributed by atoms with E-state index in [0.717, 1.165) is 11.1 Å².